The third kappa shape index (κ3) is 0.697. The fourth-order valence-electron chi connectivity index (χ4n) is 4.60. The molecule has 14 heavy (non-hydrogen) atoms. The molecule has 0 aromatic rings. The van der Waals surface area contributed by atoms with E-state index < -0.39 is 0 Å². The molecule has 4 rings (SSSR count). The summed E-state index contributed by atoms with van der Waals surface area (Å²) in [6, 6.07) is 0. The van der Waals surface area contributed by atoms with E-state index in [0.29, 0.717) is 11.3 Å². The van der Waals surface area contributed by atoms with E-state index in [1.54, 1.807) is 0 Å². The van der Waals surface area contributed by atoms with Crippen molar-refractivity contribution >= 4 is 5.91 Å². The molecule has 2 nitrogen and oxygen atoms in total. The zero-order chi connectivity index (χ0) is 10.3. The van der Waals surface area contributed by atoms with Gasteiger partial charge in [0.25, 0.3) is 0 Å². The largest absolute Gasteiger partial charge is 0.369 e. The van der Waals surface area contributed by atoms with Gasteiger partial charge in [-0.3, -0.25) is 4.79 Å². The third-order valence-electron chi connectivity index (χ3n) is 5.69. The van der Waals surface area contributed by atoms with Crippen molar-refractivity contribution in [1.82, 2.24) is 0 Å². The molecule has 0 radical (unpaired) electrons. The molecular formula is C12H19NO. The first-order valence-corrected chi connectivity index (χ1v) is 5.68. The Hall–Kier alpha value is -0.530. The van der Waals surface area contributed by atoms with Gasteiger partial charge in [-0.05, 0) is 41.4 Å². The second-order valence-corrected chi connectivity index (χ2v) is 6.48. The summed E-state index contributed by atoms with van der Waals surface area (Å²) in [7, 11) is 0. The first kappa shape index (κ1) is 8.75. The van der Waals surface area contributed by atoms with Crippen LogP contribution in [0.2, 0.25) is 0 Å². The van der Waals surface area contributed by atoms with Crippen LogP contribution in [-0.2, 0) is 4.79 Å². The monoisotopic (exact) mass is 193 g/mol. The Bertz CT molecular complexity index is 322. The highest BCUT2D eigenvalue weighted by Crippen LogP contribution is 2.79. The van der Waals surface area contributed by atoms with Gasteiger partial charge < -0.3 is 5.73 Å². The maximum absolute atomic E-state index is 11.3. The molecule has 2 N–H and O–H groups in total. The summed E-state index contributed by atoms with van der Waals surface area (Å²) < 4.78 is 0. The molecule has 78 valence electrons. The molecule has 2 bridgehead atoms. The molecule has 0 aromatic heterocycles. The summed E-state index contributed by atoms with van der Waals surface area (Å²) in [5.74, 6) is 2.36. The SMILES string of the molecule is CC1(C)C2CC1C1C(C(N)=O)C1(C)C2. The maximum atomic E-state index is 11.3. The van der Waals surface area contributed by atoms with Crippen LogP contribution in [0.4, 0.5) is 0 Å². The van der Waals surface area contributed by atoms with Crippen LogP contribution in [0, 0.1) is 34.5 Å². The molecule has 0 heterocycles. The summed E-state index contributed by atoms with van der Waals surface area (Å²) in [4.78, 5) is 11.3. The fraction of sp³-hybridized carbons (Fsp3) is 0.917. The molecule has 1 amide bonds. The summed E-state index contributed by atoms with van der Waals surface area (Å²) in [6.45, 7) is 6.99. The van der Waals surface area contributed by atoms with Gasteiger partial charge in [-0.25, -0.2) is 0 Å². The van der Waals surface area contributed by atoms with Gasteiger partial charge in [0.15, 0.2) is 0 Å². The average molecular weight is 193 g/mol. The molecular weight excluding hydrogens is 174 g/mol. The Morgan fingerprint density at radius 2 is 2.00 bits per heavy atom. The number of hydrogen-bond donors (Lipinski definition) is 1. The number of nitrogens with two attached hydrogens (primary N) is 1. The minimum Gasteiger partial charge on any atom is -0.369 e. The van der Waals surface area contributed by atoms with E-state index in [9.17, 15) is 4.79 Å². The number of primary amides is 1. The van der Waals surface area contributed by atoms with E-state index in [-0.39, 0.29) is 17.2 Å². The van der Waals surface area contributed by atoms with Crippen molar-refractivity contribution in [3.05, 3.63) is 0 Å². The lowest BCUT2D eigenvalue weighted by Gasteiger charge is -2.58. The zero-order valence-corrected chi connectivity index (χ0v) is 9.21. The molecule has 4 saturated carbocycles. The normalized spacial score (nSPS) is 57.1. The van der Waals surface area contributed by atoms with Crippen LogP contribution < -0.4 is 5.73 Å². The first-order valence-electron chi connectivity index (χ1n) is 5.68. The van der Waals surface area contributed by atoms with Crippen molar-refractivity contribution in [1.29, 1.82) is 0 Å². The van der Waals surface area contributed by atoms with Gasteiger partial charge in [0.2, 0.25) is 5.91 Å². The Labute approximate surface area is 85.2 Å². The predicted octanol–water partition coefficient (Wildman–Crippen LogP) is 1.79. The third-order valence-corrected chi connectivity index (χ3v) is 5.69. The summed E-state index contributed by atoms with van der Waals surface area (Å²) in [5.41, 5.74) is 6.24. The zero-order valence-electron chi connectivity index (χ0n) is 9.21. The number of carbonyl (C=O) groups is 1. The molecule has 0 spiro atoms. The van der Waals surface area contributed by atoms with Crippen molar-refractivity contribution in [3.63, 3.8) is 0 Å². The van der Waals surface area contributed by atoms with Gasteiger partial charge in [0, 0.05) is 5.92 Å². The number of rotatable bonds is 1. The minimum absolute atomic E-state index is 0.0548. The molecule has 5 unspecified atom stereocenters. The Morgan fingerprint density at radius 3 is 2.43 bits per heavy atom. The highest BCUT2D eigenvalue weighted by Gasteiger charge is 2.76. The summed E-state index contributed by atoms with van der Waals surface area (Å²) >= 11 is 0. The van der Waals surface area contributed by atoms with Crippen LogP contribution in [-0.4, -0.2) is 5.91 Å². The van der Waals surface area contributed by atoms with E-state index in [0.717, 1.165) is 11.8 Å². The van der Waals surface area contributed by atoms with E-state index in [1.807, 2.05) is 0 Å². The lowest BCUT2D eigenvalue weighted by molar-refractivity contribution is -0.120. The van der Waals surface area contributed by atoms with Crippen LogP contribution >= 0.6 is 0 Å². The van der Waals surface area contributed by atoms with Gasteiger partial charge in [-0.1, -0.05) is 20.8 Å². The fourth-order valence-corrected chi connectivity index (χ4v) is 4.60. The standard InChI is InChI=1S/C12H19NO/c1-11(2)6-4-7(11)8-9(10(13)14)12(8,3)5-6/h6-9H,4-5H2,1-3H3,(H2,13,14). The highest BCUT2D eigenvalue weighted by atomic mass is 16.1. The van der Waals surface area contributed by atoms with Gasteiger partial charge in [0.05, 0.1) is 0 Å². The topological polar surface area (TPSA) is 43.1 Å². The molecule has 2 heteroatoms. The molecule has 0 aromatic carbocycles. The maximum Gasteiger partial charge on any atom is 0.221 e. The number of carbonyl (C=O) groups excluding carboxylic acids is 1. The molecule has 5 atom stereocenters. The van der Waals surface area contributed by atoms with Crippen LogP contribution in [0.15, 0.2) is 0 Å². The van der Waals surface area contributed by atoms with E-state index in [4.69, 9.17) is 5.73 Å². The van der Waals surface area contributed by atoms with E-state index in [2.05, 4.69) is 20.8 Å². The molecule has 4 fully saturated rings. The Kier molecular flexibility index (Phi) is 1.27. The first-order chi connectivity index (χ1) is 6.39. The van der Waals surface area contributed by atoms with E-state index >= 15 is 0 Å². The molecule has 4 aliphatic carbocycles. The lowest BCUT2D eigenvalue weighted by Crippen LogP contribution is -2.51. The van der Waals surface area contributed by atoms with Gasteiger partial charge in [0.1, 0.15) is 0 Å². The smallest absolute Gasteiger partial charge is 0.221 e. The molecule has 4 aliphatic rings. The Morgan fingerprint density at radius 1 is 1.36 bits per heavy atom. The second-order valence-electron chi connectivity index (χ2n) is 6.48. The second kappa shape index (κ2) is 2.02. The minimum atomic E-state index is -0.0548. The van der Waals surface area contributed by atoms with E-state index in [1.165, 1.54) is 12.8 Å². The van der Waals surface area contributed by atoms with Gasteiger partial charge in [-0.2, -0.15) is 0 Å². The van der Waals surface area contributed by atoms with Crippen molar-refractivity contribution in [3.8, 4) is 0 Å². The lowest BCUT2D eigenvalue weighted by atomic mass is 9.47. The highest BCUT2D eigenvalue weighted by molar-refractivity contribution is 5.82. The molecule has 0 aliphatic heterocycles. The number of hydrogen-bond acceptors (Lipinski definition) is 1. The predicted molar refractivity (Wildman–Crippen MR) is 54.3 cm³/mol. The quantitative estimate of drug-likeness (QED) is 0.678. The van der Waals surface area contributed by atoms with Crippen LogP contribution in [0.1, 0.15) is 33.6 Å². The van der Waals surface area contributed by atoms with Gasteiger partial charge in [-0.15, -0.1) is 0 Å². The summed E-state index contributed by atoms with van der Waals surface area (Å²) in [5, 5.41) is 0. The molecule has 0 saturated heterocycles. The van der Waals surface area contributed by atoms with Crippen LogP contribution in [0.3, 0.4) is 0 Å². The summed E-state index contributed by atoms with van der Waals surface area (Å²) in [6.07, 6.45) is 2.58. The van der Waals surface area contributed by atoms with Crippen molar-refractivity contribution in [2.24, 2.45) is 40.2 Å². The van der Waals surface area contributed by atoms with Crippen LogP contribution in [0.25, 0.3) is 0 Å². The van der Waals surface area contributed by atoms with Crippen molar-refractivity contribution in [2.75, 3.05) is 0 Å². The van der Waals surface area contributed by atoms with Crippen LogP contribution in [0.5, 0.6) is 0 Å². The average Bonchev–Trinajstić information content (AvgIpc) is 2.69. The van der Waals surface area contributed by atoms with Gasteiger partial charge >= 0.3 is 0 Å². The Balaban J connectivity index is 1.92. The van der Waals surface area contributed by atoms with Crippen molar-refractivity contribution in [2.45, 2.75) is 33.6 Å². The number of amides is 1. The van der Waals surface area contributed by atoms with Crippen molar-refractivity contribution < 1.29 is 4.79 Å².